The van der Waals surface area contributed by atoms with Crippen LogP contribution in [0.2, 0.25) is 0 Å². The first kappa shape index (κ1) is 16.6. The second-order valence-corrected chi connectivity index (χ2v) is 6.24. The molecule has 0 radical (unpaired) electrons. The van der Waals surface area contributed by atoms with Crippen molar-refractivity contribution in [3.8, 4) is 5.75 Å². The highest BCUT2D eigenvalue weighted by molar-refractivity contribution is 5.96. The van der Waals surface area contributed by atoms with Gasteiger partial charge in [-0.15, -0.1) is 0 Å². The molecule has 0 fully saturated rings. The van der Waals surface area contributed by atoms with Gasteiger partial charge in [0.15, 0.2) is 0 Å². The number of benzene rings is 2. The maximum absolute atomic E-state index is 5.74. The molecule has 1 atom stereocenters. The van der Waals surface area contributed by atoms with Crippen molar-refractivity contribution in [1.82, 2.24) is 0 Å². The Morgan fingerprint density at radius 2 is 1.88 bits per heavy atom. The smallest absolute Gasteiger partial charge is 0.119 e. The van der Waals surface area contributed by atoms with Crippen LogP contribution in [-0.2, 0) is 17.7 Å². The third-order valence-electron chi connectivity index (χ3n) is 4.54. The molecule has 1 aliphatic rings. The standard InChI is InChI=1S/C21H25NO2/c1-3-4-13-24-18-11-9-16(10-12-18)14-20-19-8-6-5-7-17(19)15-21(20)22-23-2/h5-12,20H,3-4,13-15H2,1-2H3/b22-21+. The molecule has 3 nitrogen and oxygen atoms in total. The van der Waals surface area contributed by atoms with Gasteiger partial charge in [0.1, 0.15) is 12.9 Å². The molecule has 24 heavy (non-hydrogen) atoms. The fraction of sp³-hybridized carbons (Fsp3) is 0.381. The summed E-state index contributed by atoms with van der Waals surface area (Å²) >= 11 is 0. The van der Waals surface area contributed by atoms with Crippen LogP contribution in [0.25, 0.3) is 0 Å². The molecule has 0 amide bonds. The Labute approximate surface area is 144 Å². The number of hydrogen-bond donors (Lipinski definition) is 0. The Bertz CT molecular complexity index is 691. The van der Waals surface area contributed by atoms with Crippen LogP contribution in [0.5, 0.6) is 5.75 Å². The minimum atomic E-state index is 0.299. The zero-order valence-electron chi connectivity index (χ0n) is 14.5. The lowest BCUT2D eigenvalue weighted by molar-refractivity contribution is 0.211. The second-order valence-electron chi connectivity index (χ2n) is 6.24. The van der Waals surface area contributed by atoms with Crippen LogP contribution in [0, 0.1) is 0 Å². The van der Waals surface area contributed by atoms with Gasteiger partial charge in [0.2, 0.25) is 0 Å². The van der Waals surface area contributed by atoms with Gasteiger partial charge >= 0.3 is 0 Å². The van der Waals surface area contributed by atoms with E-state index in [0.29, 0.717) is 5.92 Å². The molecular formula is C21H25NO2. The van der Waals surface area contributed by atoms with Gasteiger partial charge in [0.05, 0.1) is 12.3 Å². The normalized spacial score (nSPS) is 17.8. The van der Waals surface area contributed by atoms with Gasteiger partial charge in [0.25, 0.3) is 0 Å². The molecule has 0 N–H and O–H groups in total. The summed E-state index contributed by atoms with van der Waals surface area (Å²) in [7, 11) is 1.62. The van der Waals surface area contributed by atoms with Gasteiger partial charge in [-0.25, -0.2) is 0 Å². The van der Waals surface area contributed by atoms with Gasteiger partial charge < -0.3 is 9.57 Å². The molecule has 3 heteroatoms. The SMILES string of the molecule is CCCCOc1ccc(CC2/C(=N/OC)Cc3ccccc32)cc1. The van der Waals surface area contributed by atoms with Crippen molar-refractivity contribution in [2.24, 2.45) is 5.16 Å². The zero-order valence-corrected chi connectivity index (χ0v) is 14.5. The minimum Gasteiger partial charge on any atom is -0.494 e. The number of unbranched alkanes of at least 4 members (excludes halogenated alkanes) is 1. The summed E-state index contributed by atoms with van der Waals surface area (Å²) in [6.45, 7) is 2.96. The molecule has 0 bridgehead atoms. The molecule has 0 saturated heterocycles. The first-order chi connectivity index (χ1) is 11.8. The highest BCUT2D eigenvalue weighted by Crippen LogP contribution is 2.34. The van der Waals surface area contributed by atoms with E-state index in [4.69, 9.17) is 9.57 Å². The zero-order chi connectivity index (χ0) is 16.8. The summed E-state index contributed by atoms with van der Waals surface area (Å²) in [5.74, 6) is 1.25. The van der Waals surface area contributed by atoms with Gasteiger partial charge in [-0.3, -0.25) is 0 Å². The van der Waals surface area contributed by atoms with Crippen LogP contribution in [0.15, 0.2) is 53.7 Å². The molecule has 0 aliphatic heterocycles. The summed E-state index contributed by atoms with van der Waals surface area (Å²) in [5.41, 5.74) is 5.14. The van der Waals surface area contributed by atoms with Gasteiger partial charge in [-0.2, -0.15) is 0 Å². The van der Waals surface area contributed by atoms with E-state index in [1.54, 1.807) is 7.11 Å². The average molecular weight is 323 g/mol. The van der Waals surface area contributed by atoms with Crippen molar-refractivity contribution in [3.05, 3.63) is 65.2 Å². The third kappa shape index (κ3) is 3.78. The number of oxime groups is 1. The van der Waals surface area contributed by atoms with E-state index < -0.39 is 0 Å². The van der Waals surface area contributed by atoms with Gasteiger partial charge in [-0.05, 0) is 41.7 Å². The van der Waals surface area contributed by atoms with Crippen molar-refractivity contribution in [2.45, 2.75) is 38.5 Å². The Hall–Kier alpha value is -2.29. The lowest BCUT2D eigenvalue weighted by atomic mass is 9.92. The van der Waals surface area contributed by atoms with Crippen molar-refractivity contribution in [2.75, 3.05) is 13.7 Å². The molecule has 0 aromatic heterocycles. The van der Waals surface area contributed by atoms with E-state index in [-0.39, 0.29) is 0 Å². The Morgan fingerprint density at radius 3 is 2.62 bits per heavy atom. The molecule has 126 valence electrons. The predicted molar refractivity (Wildman–Crippen MR) is 97.9 cm³/mol. The van der Waals surface area contributed by atoms with Crippen molar-refractivity contribution in [3.63, 3.8) is 0 Å². The number of fused-ring (bicyclic) bond motifs is 1. The van der Waals surface area contributed by atoms with Crippen LogP contribution in [0.4, 0.5) is 0 Å². The quantitative estimate of drug-likeness (QED) is 0.544. The second kappa shape index (κ2) is 8.00. The first-order valence-corrected chi connectivity index (χ1v) is 8.71. The van der Waals surface area contributed by atoms with Crippen molar-refractivity contribution >= 4 is 5.71 Å². The molecular weight excluding hydrogens is 298 g/mol. The highest BCUT2D eigenvalue weighted by Gasteiger charge is 2.29. The first-order valence-electron chi connectivity index (χ1n) is 8.71. The van der Waals surface area contributed by atoms with E-state index >= 15 is 0 Å². The van der Waals surface area contributed by atoms with Crippen LogP contribution in [0.3, 0.4) is 0 Å². The van der Waals surface area contributed by atoms with Gasteiger partial charge in [-0.1, -0.05) is 54.9 Å². The third-order valence-corrected chi connectivity index (χ3v) is 4.54. The van der Waals surface area contributed by atoms with Gasteiger partial charge in [0, 0.05) is 12.3 Å². The Morgan fingerprint density at radius 1 is 1.08 bits per heavy atom. The summed E-state index contributed by atoms with van der Waals surface area (Å²) < 4.78 is 5.74. The van der Waals surface area contributed by atoms with Crippen molar-refractivity contribution in [1.29, 1.82) is 0 Å². The molecule has 1 unspecified atom stereocenters. The highest BCUT2D eigenvalue weighted by atomic mass is 16.6. The fourth-order valence-electron chi connectivity index (χ4n) is 3.27. The summed E-state index contributed by atoms with van der Waals surface area (Å²) in [4.78, 5) is 5.07. The van der Waals surface area contributed by atoms with E-state index in [1.165, 1.54) is 16.7 Å². The summed E-state index contributed by atoms with van der Waals surface area (Å²) in [5, 5.41) is 4.28. The molecule has 0 spiro atoms. The van der Waals surface area contributed by atoms with E-state index in [2.05, 4.69) is 60.6 Å². The maximum Gasteiger partial charge on any atom is 0.119 e. The number of ether oxygens (including phenoxy) is 1. The lowest BCUT2D eigenvalue weighted by Gasteiger charge is -2.13. The molecule has 2 aromatic carbocycles. The summed E-state index contributed by atoms with van der Waals surface area (Å²) in [6, 6.07) is 17.0. The van der Waals surface area contributed by atoms with Crippen LogP contribution >= 0.6 is 0 Å². The summed E-state index contributed by atoms with van der Waals surface area (Å²) in [6.07, 6.45) is 4.07. The minimum absolute atomic E-state index is 0.299. The van der Waals surface area contributed by atoms with Crippen LogP contribution < -0.4 is 4.74 Å². The largest absolute Gasteiger partial charge is 0.494 e. The molecule has 0 heterocycles. The Kier molecular flexibility index (Phi) is 5.52. The Balaban J connectivity index is 1.73. The van der Waals surface area contributed by atoms with Crippen molar-refractivity contribution < 1.29 is 9.57 Å². The molecule has 0 saturated carbocycles. The molecule has 3 rings (SSSR count). The van der Waals surface area contributed by atoms with E-state index in [9.17, 15) is 0 Å². The number of nitrogens with zero attached hydrogens (tertiary/aromatic N) is 1. The predicted octanol–water partition coefficient (Wildman–Crippen LogP) is 4.75. The number of hydrogen-bond acceptors (Lipinski definition) is 3. The maximum atomic E-state index is 5.74. The topological polar surface area (TPSA) is 30.8 Å². The number of rotatable bonds is 7. The molecule has 2 aromatic rings. The molecule has 1 aliphatic carbocycles. The monoisotopic (exact) mass is 323 g/mol. The lowest BCUT2D eigenvalue weighted by Crippen LogP contribution is -2.10. The van der Waals surface area contributed by atoms with Crippen LogP contribution in [0.1, 0.15) is 42.4 Å². The van der Waals surface area contributed by atoms with Crippen LogP contribution in [-0.4, -0.2) is 19.4 Å². The average Bonchev–Trinajstić information content (AvgIpc) is 2.95. The fourth-order valence-corrected chi connectivity index (χ4v) is 3.27. The van der Waals surface area contributed by atoms with E-state index in [1.807, 2.05) is 0 Å². The van der Waals surface area contributed by atoms with E-state index in [0.717, 1.165) is 43.8 Å².